The maximum absolute atomic E-state index is 12.6. The molecule has 0 aliphatic carbocycles. The van der Waals surface area contributed by atoms with Crippen molar-refractivity contribution in [2.24, 2.45) is 0 Å². The van der Waals surface area contributed by atoms with Gasteiger partial charge in [0.15, 0.2) is 10.6 Å². The normalized spacial score (nSPS) is 11.0. The average Bonchev–Trinajstić information content (AvgIpc) is 3.11. The van der Waals surface area contributed by atoms with Crippen LogP contribution in [0, 0.1) is 6.92 Å². The third-order valence-corrected chi connectivity index (χ3v) is 5.89. The lowest BCUT2D eigenvalue weighted by atomic mass is 10.1. The van der Waals surface area contributed by atoms with E-state index >= 15 is 0 Å². The van der Waals surface area contributed by atoms with E-state index < -0.39 is 0 Å². The summed E-state index contributed by atoms with van der Waals surface area (Å²) < 4.78 is 1.78. The molecular weight excluding hydrogens is 394 g/mol. The number of nitrogens with zero attached hydrogens (tertiary/aromatic N) is 2. The van der Waals surface area contributed by atoms with E-state index in [1.54, 1.807) is 16.8 Å². The number of aryl methyl sites for hydroxylation is 2. The zero-order valence-electron chi connectivity index (χ0n) is 17.0. The molecule has 0 saturated carbocycles. The first-order chi connectivity index (χ1) is 14.5. The van der Waals surface area contributed by atoms with E-state index in [2.05, 4.69) is 41.5 Å². The number of thiazole rings is 1. The highest BCUT2D eigenvalue weighted by atomic mass is 32.1. The molecule has 0 unspecified atom stereocenters. The topological polar surface area (TPSA) is 64.0 Å². The van der Waals surface area contributed by atoms with Gasteiger partial charge in [-0.3, -0.25) is 9.59 Å². The lowest BCUT2D eigenvalue weighted by Crippen LogP contribution is -2.20. The monoisotopic (exact) mass is 417 g/mol. The largest absolute Gasteiger partial charge is 0.338 e. The molecule has 0 aliphatic heterocycles. The van der Waals surface area contributed by atoms with Gasteiger partial charge in [-0.2, -0.15) is 0 Å². The minimum Gasteiger partial charge on any atom is -0.338 e. The minimum atomic E-state index is -0.178. The summed E-state index contributed by atoms with van der Waals surface area (Å²) in [5, 5.41) is 4.08. The van der Waals surface area contributed by atoms with Crippen LogP contribution in [0.15, 0.2) is 65.6 Å². The molecule has 0 spiro atoms. The van der Waals surface area contributed by atoms with Gasteiger partial charge in [0.1, 0.15) is 6.54 Å². The smallest absolute Gasteiger partial charge is 0.246 e. The Kier molecular flexibility index (Phi) is 5.77. The van der Waals surface area contributed by atoms with Crippen molar-refractivity contribution in [2.75, 3.05) is 5.32 Å². The van der Waals surface area contributed by atoms with Crippen molar-refractivity contribution in [3.63, 3.8) is 0 Å². The molecule has 0 atom stereocenters. The summed E-state index contributed by atoms with van der Waals surface area (Å²) in [7, 11) is 0. The summed E-state index contributed by atoms with van der Waals surface area (Å²) in [5.74, 6) is -0.178. The molecule has 30 heavy (non-hydrogen) atoms. The second-order valence-corrected chi connectivity index (χ2v) is 8.45. The van der Waals surface area contributed by atoms with Crippen LogP contribution in [0.25, 0.3) is 22.2 Å². The van der Waals surface area contributed by atoms with Gasteiger partial charge in [-0.25, -0.2) is 4.98 Å². The number of rotatable bonds is 6. The molecule has 0 aliphatic rings. The Morgan fingerprint density at radius 1 is 1.10 bits per heavy atom. The molecule has 1 amide bonds. The molecule has 0 fully saturated rings. The maximum atomic E-state index is 12.6. The lowest BCUT2D eigenvalue weighted by molar-refractivity contribution is -0.116. The van der Waals surface area contributed by atoms with E-state index in [4.69, 9.17) is 0 Å². The number of hydrogen-bond donors (Lipinski definition) is 1. The summed E-state index contributed by atoms with van der Waals surface area (Å²) >= 11 is 1.47. The van der Waals surface area contributed by atoms with Crippen molar-refractivity contribution in [3.05, 3.63) is 81.5 Å². The van der Waals surface area contributed by atoms with Gasteiger partial charge in [-0.1, -0.05) is 49.7 Å². The number of benzene rings is 2. The number of carbonyl (C=O) groups is 1. The van der Waals surface area contributed by atoms with Crippen LogP contribution in [0.3, 0.4) is 0 Å². The maximum Gasteiger partial charge on any atom is 0.246 e. The fraction of sp³-hybridized carbons (Fsp3) is 0.208. The van der Waals surface area contributed by atoms with Crippen LogP contribution in [0.4, 0.5) is 5.13 Å². The Hall–Kier alpha value is -3.25. The number of nitrogens with one attached hydrogen (secondary N) is 1. The fourth-order valence-electron chi connectivity index (χ4n) is 3.55. The van der Waals surface area contributed by atoms with Crippen molar-refractivity contribution in [2.45, 2.75) is 33.2 Å². The Labute approximate surface area is 179 Å². The van der Waals surface area contributed by atoms with Crippen LogP contribution >= 0.6 is 11.3 Å². The van der Waals surface area contributed by atoms with Crippen LogP contribution in [-0.4, -0.2) is 15.5 Å². The van der Waals surface area contributed by atoms with Crippen molar-refractivity contribution < 1.29 is 4.79 Å². The number of carbonyl (C=O) groups excluding carboxylic acids is 1. The summed E-state index contributed by atoms with van der Waals surface area (Å²) in [6, 6.07) is 17.2. The zero-order valence-corrected chi connectivity index (χ0v) is 17.8. The predicted octanol–water partition coefficient (Wildman–Crippen LogP) is 5.02. The van der Waals surface area contributed by atoms with Crippen molar-refractivity contribution in [1.82, 2.24) is 9.55 Å². The van der Waals surface area contributed by atoms with Gasteiger partial charge in [-0.05, 0) is 31.0 Å². The molecule has 0 saturated heterocycles. The van der Waals surface area contributed by atoms with E-state index in [0.717, 1.165) is 34.5 Å². The highest BCUT2D eigenvalue weighted by Gasteiger charge is 2.13. The molecule has 5 nitrogen and oxygen atoms in total. The molecule has 2 aromatic heterocycles. The molecular formula is C24H23N3O2S. The first-order valence-electron chi connectivity index (χ1n) is 10.00. The van der Waals surface area contributed by atoms with E-state index in [1.165, 1.54) is 23.0 Å². The fourth-order valence-corrected chi connectivity index (χ4v) is 4.40. The molecule has 152 valence electrons. The number of amides is 1. The Bertz CT molecular complexity index is 1260. The Morgan fingerprint density at radius 3 is 2.63 bits per heavy atom. The van der Waals surface area contributed by atoms with Gasteiger partial charge in [0.2, 0.25) is 5.91 Å². The molecule has 0 bridgehead atoms. The van der Waals surface area contributed by atoms with Gasteiger partial charge < -0.3 is 9.88 Å². The van der Waals surface area contributed by atoms with E-state index in [0.29, 0.717) is 10.5 Å². The van der Waals surface area contributed by atoms with E-state index in [9.17, 15) is 9.59 Å². The van der Waals surface area contributed by atoms with E-state index in [1.807, 2.05) is 25.1 Å². The molecule has 4 rings (SSSR count). The first-order valence-corrected chi connectivity index (χ1v) is 10.8. The lowest BCUT2D eigenvalue weighted by Gasteiger charge is -2.09. The molecule has 0 radical (unpaired) electrons. The van der Waals surface area contributed by atoms with Gasteiger partial charge in [0.05, 0.1) is 11.2 Å². The standard InChI is InChI=1S/C24H23N3O2S/c1-3-6-17-9-11-18(12-10-17)23-16(2)30-24(26-23)25-22(29)15-27-14-13-21(28)19-7-4-5-8-20(19)27/h4-5,7-14H,3,6,15H2,1-2H3,(H,25,26,29). The van der Waals surface area contributed by atoms with Gasteiger partial charge >= 0.3 is 0 Å². The van der Waals surface area contributed by atoms with Crippen LogP contribution in [0.1, 0.15) is 23.8 Å². The van der Waals surface area contributed by atoms with Crippen molar-refractivity contribution in [3.8, 4) is 11.3 Å². The van der Waals surface area contributed by atoms with Gasteiger partial charge in [-0.15, -0.1) is 11.3 Å². The quantitative estimate of drug-likeness (QED) is 0.479. The van der Waals surface area contributed by atoms with Crippen LogP contribution in [0.2, 0.25) is 0 Å². The zero-order chi connectivity index (χ0) is 21.1. The molecule has 6 heteroatoms. The summed E-state index contributed by atoms with van der Waals surface area (Å²) in [6.45, 7) is 4.29. The first kappa shape index (κ1) is 20.0. The minimum absolute atomic E-state index is 0.0487. The third kappa shape index (κ3) is 4.19. The van der Waals surface area contributed by atoms with E-state index in [-0.39, 0.29) is 17.9 Å². The Morgan fingerprint density at radius 2 is 1.87 bits per heavy atom. The number of aromatic nitrogens is 2. The predicted molar refractivity (Wildman–Crippen MR) is 123 cm³/mol. The van der Waals surface area contributed by atoms with Crippen LogP contribution in [-0.2, 0) is 17.8 Å². The van der Waals surface area contributed by atoms with Gasteiger partial charge in [0, 0.05) is 28.1 Å². The molecule has 4 aromatic rings. The van der Waals surface area contributed by atoms with Crippen LogP contribution < -0.4 is 10.7 Å². The highest BCUT2D eigenvalue weighted by molar-refractivity contribution is 7.16. The highest BCUT2D eigenvalue weighted by Crippen LogP contribution is 2.30. The molecule has 2 aromatic carbocycles. The average molecular weight is 418 g/mol. The number of hydrogen-bond acceptors (Lipinski definition) is 4. The summed E-state index contributed by atoms with van der Waals surface area (Å²) in [5.41, 5.74) is 3.95. The number of pyridine rings is 1. The number of para-hydroxylation sites is 1. The second-order valence-electron chi connectivity index (χ2n) is 7.24. The Balaban J connectivity index is 1.51. The molecule has 1 N–H and O–H groups in total. The SMILES string of the molecule is CCCc1ccc(-c2nc(NC(=O)Cn3ccc(=O)c4ccccc43)sc2C)cc1. The van der Waals surface area contributed by atoms with Crippen molar-refractivity contribution >= 4 is 33.3 Å². The molecule has 2 heterocycles. The number of anilines is 1. The summed E-state index contributed by atoms with van der Waals surface area (Å²) in [4.78, 5) is 30.4. The third-order valence-electron chi connectivity index (χ3n) is 5.01. The second kappa shape index (κ2) is 8.63. The summed E-state index contributed by atoms with van der Waals surface area (Å²) in [6.07, 6.45) is 3.84. The van der Waals surface area contributed by atoms with Crippen LogP contribution in [0.5, 0.6) is 0 Å². The number of fused-ring (bicyclic) bond motifs is 1. The van der Waals surface area contributed by atoms with Gasteiger partial charge in [0.25, 0.3) is 0 Å². The van der Waals surface area contributed by atoms with Crippen molar-refractivity contribution in [1.29, 1.82) is 0 Å².